The van der Waals surface area contributed by atoms with E-state index in [0.717, 1.165) is 12.1 Å². The summed E-state index contributed by atoms with van der Waals surface area (Å²) in [6.07, 6.45) is 1.01. The van der Waals surface area contributed by atoms with Gasteiger partial charge >= 0.3 is 5.97 Å². The second-order valence-electron chi connectivity index (χ2n) is 3.75. The molecule has 0 aromatic heterocycles. The summed E-state index contributed by atoms with van der Waals surface area (Å²) < 4.78 is 4.62. The molecule has 0 heterocycles. The lowest BCUT2D eigenvalue weighted by Gasteiger charge is -2.15. The lowest BCUT2D eigenvalue weighted by Crippen LogP contribution is -2.15. The molecule has 1 aromatic carbocycles. The SMILES string of the molecule is CCC(C)Nc1ccc(C(=O)OC)cc1N. The Hall–Kier alpha value is -1.71. The van der Waals surface area contributed by atoms with Crippen molar-refractivity contribution in [2.75, 3.05) is 18.2 Å². The molecule has 4 nitrogen and oxygen atoms in total. The van der Waals surface area contributed by atoms with Crippen LogP contribution in [0.5, 0.6) is 0 Å². The number of hydrogen-bond acceptors (Lipinski definition) is 4. The summed E-state index contributed by atoms with van der Waals surface area (Å²) in [6, 6.07) is 5.48. The molecule has 88 valence electrons. The maximum absolute atomic E-state index is 11.3. The van der Waals surface area contributed by atoms with Crippen LogP contribution in [0.3, 0.4) is 0 Å². The third-order valence-corrected chi connectivity index (χ3v) is 2.49. The van der Waals surface area contributed by atoms with Gasteiger partial charge < -0.3 is 15.8 Å². The van der Waals surface area contributed by atoms with E-state index >= 15 is 0 Å². The molecule has 16 heavy (non-hydrogen) atoms. The third-order valence-electron chi connectivity index (χ3n) is 2.49. The molecule has 0 radical (unpaired) electrons. The summed E-state index contributed by atoms with van der Waals surface area (Å²) in [5.74, 6) is -0.373. The summed E-state index contributed by atoms with van der Waals surface area (Å²) in [4.78, 5) is 11.3. The summed E-state index contributed by atoms with van der Waals surface area (Å²) in [5.41, 5.74) is 7.72. The van der Waals surface area contributed by atoms with Gasteiger partial charge in [0.25, 0.3) is 0 Å². The van der Waals surface area contributed by atoms with Crippen molar-refractivity contribution in [2.45, 2.75) is 26.3 Å². The average molecular weight is 222 g/mol. The molecule has 3 N–H and O–H groups in total. The van der Waals surface area contributed by atoms with Crippen LogP contribution in [-0.2, 0) is 4.74 Å². The van der Waals surface area contributed by atoms with E-state index < -0.39 is 0 Å². The second-order valence-corrected chi connectivity index (χ2v) is 3.75. The Bertz CT molecular complexity index is 377. The molecule has 0 saturated heterocycles. The zero-order valence-electron chi connectivity index (χ0n) is 9.91. The fourth-order valence-corrected chi connectivity index (χ4v) is 1.31. The van der Waals surface area contributed by atoms with E-state index in [1.165, 1.54) is 7.11 Å². The molecule has 1 unspecified atom stereocenters. The molecule has 1 aromatic rings. The minimum absolute atomic E-state index is 0.353. The van der Waals surface area contributed by atoms with Crippen LogP contribution in [-0.4, -0.2) is 19.1 Å². The van der Waals surface area contributed by atoms with E-state index in [-0.39, 0.29) is 5.97 Å². The Morgan fingerprint density at radius 2 is 2.25 bits per heavy atom. The van der Waals surface area contributed by atoms with Crippen molar-refractivity contribution >= 4 is 17.3 Å². The minimum atomic E-state index is -0.373. The summed E-state index contributed by atoms with van der Waals surface area (Å²) >= 11 is 0. The number of nitrogens with two attached hydrogens (primary N) is 1. The van der Waals surface area contributed by atoms with Gasteiger partial charge in [0.2, 0.25) is 0 Å². The number of rotatable bonds is 4. The molecule has 0 saturated carbocycles. The number of methoxy groups -OCH3 is 1. The first-order valence-corrected chi connectivity index (χ1v) is 5.32. The van der Waals surface area contributed by atoms with Gasteiger partial charge in [-0.15, -0.1) is 0 Å². The lowest BCUT2D eigenvalue weighted by atomic mass is 10.1. The smallest absolute Gasteiger partial charge is 0.337 e. The van der Waals surface area contributed by atoms with E-state index in [0.29, 0.717) is 17.3 Å². The van der Waals surface area contributed by atoms with Crippen LogP contribution in [0.2, 0.25) is 0 Å². The summed E-state index contributed by atoms with van der Waals surface area (Å²) in [7, 11) is 1.35. The van der Waals surface area contributed by atoms with E-state index in [1.54, 1.807) is 18.2 Å². The highest BCUT2D eigenvalue weighted by Gasteiger charge is 2.08. The molecule has 0 aliphatic heterocycles. The molecule has 0 aliphatic carbocycles. The fraction of sp³-hybridized carbons (Fsp3) is 0.417. The largest absolute Gasteiger partial charge is 0.465 e. The molecule has 0 aliphatic rings. The maximum Gasteiger partial charge on any atom is 0.337 e. The zero-order chi connectivity index (χ0) is 12.1. The number of nitrogens with one attached hydrogen (secondary N) is 1. The predicted octanol–water partition coefficient (Wildman–Crippen LogP) is 2.27. The van der Waals surface area contributed by atoms with E-state index in [1.807, 2.05) is 0 Å². The molecular formula is C12H18N2O2. The van der Waals surface area contributed by atoms with E-state index in [4.69, 9.17) is 5.73 Å². The normalized spacial score (nSPS) is 11.9. The highest BCUT2D eigenvalue weighted by atomic mass is 16.5. The van der Waals surface area contributed by atoms with Gasteiger partial charge in [-0.3, -0.25) is 0 Å². The lowest BCUT2D eigenvalue weighted by molar-refractivity contribution is 0.0601. The van der Waals surface area contributed by atoms with Gasteiger partial charge in [-0.2, -0.15) is 0 Å². The Kier molecular flexibility index (Phi) is 4.17. The molecule has 0 amide bonds. The van der Waals surface area contributed by atoms with Gasteiger partial charge in [-0.1, -0.05) is 6.92 Å². The first kappa shape index (κ1) is 12.4. The molecule has 0 spiro atoms. The van der Waals surface area contributed by atoms with Gasteiger partial charge in [-0.05, 0) is 31.5 Å². The topological polar surface area (TPSA) is 64.3 Å². The average Bonchev–Trinajstić information content (AvgIpc) is 2.30. The monoisotopic (exact) mass is 222 g/mol. The standard InChI is InChI=1S/C12H18N2O2/c1-4-8(2)14-11-6-5-9(7-10(11)13)12(15)16-3/h5-8,14H,4,13H2,1-3H3. The number of anilines is 2. The van der Waals surface area contributed by atoms with Gasteiger partial charge in [0.1, 0.15) is 0 Å². The highest BCUT2D eigenvalue weighted by molar-refractivity contribution is 5.91. The quantitative estimate of drug-likeness (QED) is 0.606. The van der Waals surface area contributed by atoms with Gasteiger partial charge in [0.05, 0.1) is 24.0 Å². The molecule has 1 atom stereocenters. The number of nitrogen functional groups attached to an aromatic ring is 1. The zero-order valence-corrected chi connectivity index (χ0v) is 9.91. The number of hydrogen-bond donors (Lipinski definition) is 2. The van der Waals surface area contributed by atoms with Crippen LogP contribution in [0.1, 0.15) is 30.6 Å². The second kappa shape index (κ2) is 5.39. The van der Waals surface area contributed by atoms with Gasteiger partial charge in [0, 0.05) is 6.04 Å². The van der Waals surface area contributed by atoms with Gasteiger partial charge in [0.15, 0.2) is 0 Å². The number of benzene rings is 1. The predicted molar refractivity (Wildman–Crippen MR) is 65.6 cm³/mol. The molecule has 0 fully saturated rings. The van der Waals surface area contributed by atoms with Crippen molar-refractivity contribution < 1.29 is 9.53 Å². The summed E-state index contributed by atoms with van der Waals surface area (Å²) in [6.45, 7) is 4.17. The Morgan fingerprint density at radius 3 is 2.75 bits per heavy atom. The molecule has 1 rings (SSSR count). The van der Waals surface area contributed by atoms with Crippen molar-refractivity contribution in [3.63, 3.8) is 0 Å². The molecule has 0 bridgehead atoms. The van der Waals surface area contributed by atoms with Crippen LogP contribution in [0.4, 0.5) is 11.4 Å². The van der Waals surface area contributed by atoms with Crippen molar-refractivity contribution in [3.05, 3.63) is 23.8 Å². The number of carbonyl (C=O) groups is 1. The van der Waals surface area contributed by atoms with Crippen LogP contribution in [0.15, 0.2) is 18.2 Å². The minimum Gasteiger partial charge on any atom is -0.465 e. The fourth-order valence-electron chi connectivity index (χ4n) is 1.31. The number of esters is 1. The Morgan fingerprint density at radius 1 is 1.56 bits per heavy atom. The van der Waals surface area contributed by atoms with Crippen molar-refractivity contribution in [3.8, 4) is 0 Å². The Balaban J connectivity index is 2.87. The van der Waals surface area contributed by atoms with Crippen molar-refractivity contribution in [2.24, 2.45) is 0 Å². The number of ether oxygens (including phenoxy) is 1. The maximum atomic E-state index is 11.3. The third kappa shape index (κ3) is 2.89. The molecule has 4 heteroatoms. The van der Waals surface area contributed by atoms with E-state index in [2.05, 4.69) is 23.9 Å². The first-order valence-electron chi connectivity index (χ1n) is 5.32. The number of carbonyl (C=O) groups excluding carboxylic acids is 1. The van der Waals surface area contributed by atoms with E-state index in [9.17, 15) is 4.79 Å². The van der Waals surface area contributed by atoms with Crippen LogP contribution < -0.4 is 11.1 Å². The Labute approximate surface area is 95.8 Å². The van der Waals surface area contributed by atoms with Crippen LogP contribution in [0, 0.1) is 0 Å². The van der Waals surface area contributed by atoms with Crippen molar-refractivity contribution in [1.82, 2.24) is 0 Å². The first-order chi connectivity index (χ1) is 7.58. The van der Waals surface area contributed by atoms with Crippen LogP contribution in [0.25, 0.3) is 0 Å². The molecular weight excluding hydrogens is 204 g/mol. The highest BCUT2D eigenvalue weighted by Crippen LogP contribution is 2.21. The summed E-state index contributed by atoms with van der Waals surface area (Å²) in [5, 5.41) is 3.27. The van der Waals surface area contributed by atoms with Crippen LogP contribution >= 0.6 is 0 Å². The van der Waals surface area contributed by atoms with Crippen molar-refractivity contribution in [1.29, 1.82) is 0 Å². The van der Waals surface area contributed by atoms with Gasteiger partial charge in [-0.25, -0.2) is 4.79 Å².